The van der Waals surface area contributed by atoms with Gasteiger partial charge in [0.05, 0.1) is 6.61 Å². The first-order chi connectivity index (χ1) is 14.9. The lowest BCUT2D eigenvalue weighted by Gasteiger charge is -2.13. The van der Waals surface area contributed by atoms with E-state index in [1.807, 2.05) is 20.8 Å². The zero-order valence-corrected chi connectivity index (χ0v) is 18.9. The van der Waals surface area contributed by atoms with Crippen LogP contribution in [0.2, 0.25) is 0 Å². The lowest BCUT2D eigenvalue weighted by molar-refractivity contribution is 0.0937. The van der Waals surface area contributed by atoms with Gasteiger partial charge in [-0.2, -0.15) is 0 Å². The number of carbonyl (C=O) groups excluding carboxylic acids is 2. The van der Waals surface area contributed by atoms with Crippen molar-refractivity contribution < 1.29 is 19.1 Å². The molecular weight excluding hydrogens is 414 g/mol. The Balaban J connectivity index is 1.88. The predicted molar refractivity (Wildman–Crippen MR) is 126 cm³/mol. The zero-order chi connectivity index (χ0) is 22.6. The third-order valence-electron chi connectivity index (χ3n) is 4.42. The second kappa shape index (κ2) is 12.7. The molecule has 0 saturated carbocycles. The van der Waals surface area contributed by atoms with E-state index in [1.54, 1.807) is 48.5 Å². The number of ether oxygens (including phenoxy) is 2. The normalized spacial score (nSPS) is 11.3. The lowest BCUT2D eigenvalue weighted by Crippen LogP contribution is -2.34. The molecule has 2 amide bonds. The minimum absolute atomic E-state index is 0.113. The van der Waals surface area contributed by atoms with Gasteiger partial charge in [-0.3, -0.25) is 14.9 Å². The molecule has 166 valence electrons. The summed E-state index contributed by atoms with van der Waals surface area (Å²) < 4.78 is 10.8. The van der Waals surface area contributed by atoms with Gasteiger partial charge < -0.3 is 20.1 Å². The summed E-state index contributed by atoms with van der Waals surface area (Å²) in [6.07, 6.45) is 0.863. The van der Waals surface area contributed by atoms with E-state index < -0.39 is 0 Å². The van der Waals surface area contributed by atoms with Gasteiger partial charge in [0.15, 0.2) is 5.11 Å². The Labute approximate surface area is 188 Å². The highest BCUT2D eigenvalue weighted by molar-refractivity contribution is 7.80. The van der Waals surface area contributed by atoms with E-state index in [4.69, 9.17) is 21.7 Å². The molecule has 1 atom stereocenters. The Bertz CT molecular complexity index is 887. The molecule has 0 aromatic heterocycles. The molecule has 0 heterocycles. The van der Waals surface area contributed by atoms with Crippen LogP contribution in [-0.2, 0) is 4.74 Å². The van der Waals surface area contributed by atoms with Crippen LogP contribution in [0.15, 0.2) is 48.5 Å². The van der Waals surface area contributed by atoms with E-state index >= 15 is 0 Å². The fraction of sp³-hybridized carbons (Fsp3) is 0.348. The van der Waals surface area contributed by atoms with Gasteiger partial charge in [0, 0.05) is 29.5 Å². The van der Waals surface area contributed by atoms with Crippen molar-refractivity contribution in [3.63, 3.8) is 0 Å². The van der Waals surface area contributed by atoms with Crippen molar-refractivity contribution in [3.05, 3.63) is 59.7 Å². The minimum atomic E-state index is -0.350. The summed E-state index contributed by atoms with van der Waals surface area (Å²) in [6.45, 7) is 7.41. The molecule has 2 aromatic rings. The summed E-state index contributed by atoms with van der Waals surface area (Å²) in [7, 11) is 0. The molecule has 0 aliphatic rings. The zero-order valence-electron chi connectivity index (χ0n) is 18.1. The van der Waals surface area contributed by atoms with Crippen molar-refractivity contribution in [1.82, 2.24) is 10.6 Å². The molecule has 0 spiro atoms. The number of hydrogen-bond acceptors (Lipinski definition) is 5. The maximum Gasteiger partial charge on any atom is 0.257 e. The third-order valence-corrected chi connectivity index (χ3v) is 4.62. The number of thiocarbonyl (C=S) groups is 1. The average molecular weight is 444 g/mol. The average Bonchev–Trinajstić information content (AvgIpc) is 2.77. The van der Waals surface area contributed by atoms with E-state index in [0.717, 1.165) is 6.42 Å². The Hall–Kier alpha value is -2.97. The second-order valence-corrected chi connectivity index (χ2v) is 7.25. The molecule has 0 bridgehead atoms. The van der Waals surface area contributed by atoms with Crippen LogP contribution in [0.3, 0.4) is 0 Å². The summed E-state index contributed by atoms with van der Waals surface area (Å²) in [5.41, 5.74) is 1.65. The smallest absolute Gasteiger partial charge is 0.257 e. The second-order valence-electron chi connectivity index (χ2n) is 6.84. The number of carbonyl (C=O) groups is 2. The van der Waals surface area contributed by atoms with Gasteiger partial charge in [-0.15, -0.1) is 0 Å². The van der Waals surface area contributed by atoms with Crippen molar-refractivity contribution >= 4 is 34.8 Å². The highest BCUT2D eigenvalue weighted by Crippen LogP contribution is 2.14. The largest absolute Gasteiger partial charge is 0.491 e. The Morgan fingerprint density at radius 3 is 2.42 bits per heavy atom. The van der Waals surface area contributed by atoms with Gasteiger partial charge in [-0.1, -0.05) is 13.0 Å². The molecule has 31 heavy (non-hydrogen) atoms. The van der Waals surface area contributed by atoms with Crippen molar-refractivity contribution in [2.24, 2.45) is 0 Å². The van der Waals surface area contributed by atoms with Crippen LogP contribution in [0.4, 0.5) is 5.69 Å². The first kappa shape index (κ1) is 24.3. The number of hydrogen-bond donors (Lipinski definition) is 3. The van der Waals surface area contributed by atoms with Crippen molar-refractivity contribution in [3.8, 4) is 5.75 Å². The fourth-order valence-electron chi connectivity index (χ4n) is 2.54. The highest BCUT2D eigenvalue weighted by Gasteiger charge is 2.11. The van der Waals surface area contributed by atoms with Gasteiger partial charge in [-0.05, 0) is 75.0 Å². The van der Waals surface area contributed by atoms with Crippen molar-refractivity contribution in [1.29, 1.82) is 0 Å². The number of rotatable bonds is 10. The quantitative estimate of drug-likeness (QED) is 0.383. The molecular formula is C23H29N3O4S. The molecule has 8 heteroatoms. The Kier molecular flexibility index (Phi) is 9.93. The maximum absolute atomic E-state index is 12.5. The lowest BCUT2D eigenvalue weighted by atomic mass is 10.1. The number of benzene rings is 2. The molecule has 0 aliphatic carbocycles. The molecule has 0 fully saturated rings. The molecule has 2 rings (SSSR count). The van der Waals surface area contributed by atoms with Crippen LogP contribution in [0.1, 0.15) is 47.9 Å². The standard InChI is InChI=1S/C23H29N3O4S/c1-4-16(3)24-21(27)17-9-11-19(12-10-17)25-23(31)26-22(28)18-7-6-8-20(15-18)30-14-13-29-5-2/h6-12,15-16H,4-5,13-14H2,1-3H3,(H,24,27)(H2,25,26,28,31). The van der Waals surface area contributed by atoms with Crippen LogP contribution in [0, 0.1) is 0 Å². The molecule has 1 unspecified atom stereocenters. The van der Waals surface area contributed by atoms with Crippen molar-refractivity contribution in [2.45, 2.75) is 33.2 Å². The van der Waals surface area contributed by atoms with Crippen molar-refractivity contribution in [2.75, 3.05) is 25.1 Å². The topological polar surface area (TPSA) is 88.7 Å². The first-order valence-corrected chi connectivity index (χ1v) is 10.7. The van der Waals surface area contributed by atoms with E-state index in [2.05, 4.69) is 16.0 Å². The van der Waals surface area contributed by atoms with Gasteiger partial charge in [-0.25, -0.2) is 0 Å². The number of anilines is 1. The van der Waals surface area contributed by atoms with E-state index in [0.29, 0.717) is 42.4 Å². The molecule has 0 aliphatic heterocycles. The number of nitrogens with one attached hydrogen (secondary N) is 3. The Morgan fingerprint density at radius 1 is 1.00 bits per heavy atom. The predicted octanol–water partition coefficient (Wildman–Crippen LogP) is 3.76. The summed E-state index contributed by atoms with van der Waals surface area (Å²) in [5, 5.41) is 8.66. The van der Waals surface area contributed by atoms with Crippen LogP contribution < -0.4 is 20.7 Å². The van der Waals surface area contributed by atoms with E-state index in [-0.39, 0.29) is 23.0 Å². The summed E-state index contributed by atoms with van der Waals surface area (Å²) >= 11 is 5.23. The highest BCUT2D eigenvalue weighted by atomic mass is 32.1. The minimum Gasteiger partial charge on any atom is -0.491 e. The molecule has 0 radical (unpaired) electrons. The maximum atomic E-state index is 12.5. The first-order valence-electron chi connectivity index (χ1n) is 10.3. The van der Waals surface area contributed by atoms with Gasteiger partial charge in [0.25, 0.3) is 11.8 Å². The van der Waals surface area contributed by atoms with Crippen LogP contribution in [0.5, 0.6) is 5.75 Å². The molecule has 2 aromatic carbocycles. The van der Waals surface area contributed by atoms with Gasteiger partial charge >= 0.3 is 0 Å². The summed E-state index contributed by atoms with van der Waals surface area (Å²) in [6, 6.07) is 13.8. The fourth-order valence-corrected chi connectivity index (χ4v) is 2.75. The third kappa shape index (κ3) is 8.35. The van der Waals surface area contributed by atoms with E-state index in [9.17, 15) is 9.59 Å². The van der Waals surface area contributed by atoms with Crippen LogP contribution >= 0.6 is 12.2 Å². The van der Waals surface area contributed by atoms with Crippen LogP contribution in [-0.4, -0.2) is 42.8 Å². The monoisotopic (exact) mass is 443 g/mol. The summed E-state index contributed by atoms with van der Waals surface area (Å²) in [4.78, 5) is 24.6. The van der Waals surface area contributed by atoms with Gasteiger partial charge in [0.2, 0.25) is 0 Å². The van der Waals surface area contributed by atoms with Gasteiger partial charge in [0.1, 0.15) is 12.4 Å². The molecule has 0 saturated heterocycles. The van der Waals surface area contributed by atoms with Crippen LogP contribution in [0.25, 0.3) is 0 Å². The summed E-state index contributed by atoms with van der Waals surface area (Å²) in [5.74, 6) is 0.106. The molecule has 3 N–H and O–H groups in total. The molecule has 7 nitrogen and oxygen atoms in total. The SMILES string of the molecule is CCOCCOc1cccc(C(=O)NC(=S)Nc2ccc(C(=O)NC(C)CC)cc2)c1. The Morgan fingerprint density at radius 2 is 1.74 bits per heavy atom. The van der Waals surface area contributed by atoms with E-state index in [1.165, 1.54) is 0 Å². The number of amides is 2.